The van der Waals surface area contributed by atoms with E-state index in [0.717, 1.165) is 0 Å². The molecule has 1 spiro atoms. The largest absolute Gasteiger partial charge is 0.0732 e. The second-order valence-electron chi connectivity index (χ2n) is 12.4. The minimum Gasteiger partial charge on any atom is -0.0620 e. The molecule has 0 atom stereocenters. The number of rotatable bonds is 1. The SMILES string of the molecule is Cc1ccccc1-c1ccc2c3c(c4ccccc4c2c1)-c1c(ccc2ccccc12)C31c2ccccc2-c2ccccc21. The Kier molecular flexibility index (Phi) is 4.67. The average Bonchev–Trinajstić information content (AvgIpc) is 3.56. The van der Waals surface area contributed by atoms with E-state index in [9.17, 15) is 0 Å². The summed E-state index contributed by atoms with van der Waals surface area (Å²) in [6.45, 7) is 2.21. The third-order valence-corrected chi connectivity index (χ3v) is 10.4. The Morgan fingerprint density at radius 3 is 1.75 bits per heavy atom. The van der Waals surface area contributed by atoms with Crippen LogP contribution in [0.5, 0.6) is 0 Å². The van der Waals surface area contributed by atoms with Crippen molar-refractivity contribution in [2.45, 2.75) is 12.3 Å². The lowest BCUT2D eigenvalue weighted by Crippen LogP contribution is -2.26. The predicted molar refractivity (Wildman–Crippen MR) is 185 cm³/mol. The van der Waals surface area contributed by atoms with E-state index < -0.39 is 5.41 Å². The minimum absolute atomic E-state index is 0.408. The first kappa shape index (κ1) is 24.0. The Hall–Kier alpha value is -5.46. The Balaban J connectivity index is 1.47. The number of hydrogen-bond donors (Lipinski definition) is 0. The smallest absolute Gasteiger partial charge is 0.0620 e. The van der Waals surface area contributed by atoms with Gasteiger partial charge >= 0.3 is 0 Å². The Morgan fingerprint density at radius 1 is 0.386 bits per heavy atom. The zero-order valence-corrected chi connectivity index (χ0v) is 24.4. The van der Waals surface area contributed by atoms with Gasteiger partial charge in [0, 0.05) is 0 Å². The van der Waals surface area contributed by atoms with Crippen LogP contribution >= 0.6 is 0 Å². The van der Waals surface area contributed by atoms with Crippen molar-refractivity contribution in [3.05, 3.63) is 179 Å². The third kappa shape index (κ3) is 2.84. The van der Waals surface area contributed by atoms with Crippen LogP contribution < -0.4 is 0 Å². The third-order valence-electron chi connectivity index (χ3n) is 10.4. The summed E-state index contributed by atoms with van der Waals surface area (Å²) in [5.41, 5.74) is 14.5. The van der Waals surface area contributed by atoms with Gasteiger partial charge in [-0.15, -0.1) is 0 Å². The summed E-state index contributed by atoms with van der Waals surface area (Å²) >= 11 is 0. The molecule has 0 radical (unpaired) electrons. The normalized spacial score (nSPS) is 13.8. The lowest BCUT2D eigenvalue weighted by Gasteiger charge is -2.32. The van der Waals surface area contributed by atoms with Crippen LogP contribution in [-0.2, 0) is 5.41 Å². The zero-order chi connectivity index (χ0) is 29.0. The van der Waals surface area contributed by atoms with Crippen LogP contribution in [0.2, 0.25) is 0 Å². The fourth-order valence-electron chi connectivity index (χ4n) is 8.69. The lowest BCUT2D eigenvalue weighted by atomic mass is 9.69. The second-order valence-corrected chi connectivity index (χ2v) is 12.4. The van der Waals surface area contributed by atoms with E-state index >= 15 is 0 Å². The molecule has 0 nitrogen and oxygen atoms in total. The van der Waals surface area contributed by atoms with E-state index in [4.69, 9.17) is 0 Å². The quantitative estimate of drug-likeness (QED) is 0.176. The van der Waals surface area contributed by atoms with Crippen molar-refractivity contribution >= 4 is 32.3 Å². The molecule has 8 aromatic carbocycles. The summed E-state index contributed by atoms with van der Waals surface area (Å²) in [4.78, 5) is 0. The predicted octanol–water partition coefficient (Wildman–Crippen LogP) is 11.5. The summed E-state index contributed by atoms with van der Waals surface area (Å²) in [7, 11) is 0. The maximum absolute atomic E-state index is 2.45. The summed E-state index contributed by atoms with van der Waals surface area (Å²) in [5.74, 6) is 0. The van der Waals surface area contributed by atoms with Gasteiger partial charge in [0.05, 0.1) is 5.41 Å². The van der Waals surface area contributed by atoms with Gasteiger partial charge in [0.1, 0.15) is 0 Å². The standard InChI is InChI=1S/C44H28/c1-27-12-2-4-14-30(27)29-22-24-36-37(26-29)32-16-6-7-19-35(32)42-41-31-15-5-3-13-28(31)23-25-40(41)44(43(36)42)38-20-10-8-17-33(38)34-18-9-11-21-39(34)44/h2-26H,1H3. The van der Waals surface area contributed by atoms with Gasteiger partial charge in [0.25, 0.3) is 0 Å². The van der Waals surface area contributed by atoms with E-state index in [1.54, 1.807) is 0 Å². The molecule has 0 heterocycles. The van der Waals surface area contributed by atoms with Crippen LogP contribution in [-0.4, -0.2) is 0 Å². The van der Waals surface area contributed by atoms with E-state index in [1.165, 1.54) is 93.5 Å². The van der Waals surface area contributed by atoms with Crippen LogP contribution in [0, 0.1) is 6.92 Å². The summed E-state index contributed by atoms with van der Waals surface area (Å²) in [6, 6.07) is 57.0. The first-order chi connectivity index (χ1) is 21.8. The Labute approximate surface area is 256 Å². The molecule has 0 aromatic heterocycles. The number of aryl methyl sites for hydroxylation is 1. The maximum atomic E-state index is 2.45. The van der Waals surface area contributed by atoms with Gasteiger partial charge in [-0.05, 0) is 107 Å². The van der Waals surface area contributed by atoms with Crippen molar-refractivity contribution < 1.29 is 0 Å². The molecule has 2 aliphatic carbocycles. The highest BCUT2D eigenvalue weighted by Gasteiger charge is 2.53. The van der Waals surface area contributed by atoms with Gasteiger partial charge in [-0.2, -0.15) is 0 Å². The van der Waals surface area contributed by atoms with Crippen LogP contribution in [0.1, 0.15) is 27.8 Å². The molecular weight excluding hydrogens is 528 g/mol. The topological polar surface area (TPSA) is 0 Å². The summed E-state index contributed by atoms with van der Waals surface area (Å²) in [5, 5.41) is 7.90. The summed E-state index contributed by atoms with van der Waals surface area (Å²) < 4.78 is 0. The molecule has 204 valence electrons. The van der Waals surface area contributed by atoms with E-state index in [0.29, 0.717) is 0 Å². The lowest BCUT2D eigenvalue weighted by molar-refractivity contribution is 0.802. The Morgan fingerprint density at radius 2 is 1.00 bits per heavy atom. The van der Waals surface area contributed by atoms with Gasteiger partial charge in [-0.25, -0.2) is 0 Å². The number of benzene rings is 8. The molecule has 0 unspecified atom stereocenters. The van der Waals surface area contributed by atoms with Gasteiger partial charge in [-0.1, -0.05) is 146 Å². The number of fused-ring (bicyclic) bond motifs is 17. The molecule has 0 fully saturated rings. The first-order valence-electron chi connectivity index (χ1n) is 15.5. The van der Waals surface area contributed by atoms with Gasteiger partial charge in [0.15, 0.2) is 0 Å². The van der Waals surface area contributed by atoms with Crippen molar-refractivity contribution in [3.63, 3.8) is 0 Å². The van der Waals surface area contributed by atoms with Crippen molar-refractivity contribution in [1.29, 1.82) is 0 Å². The van der Waals surface area contributed by atoms with Crippen LogP contribution in [0.15, 0.2) is 152 Å². The van der Waals surface area contributed by atoms with Crippen LogP contribution in [0.25, 0.3) is 65.7 Å². The fourth-order valence-corrected chi connectivity index (χ4v) is 8.69. The highest BCUT2D eigenvalue weighted by atomic mass is 14.5. The molecule has 0 bridgehead atoms. The van der Waals surface area contributed by atoms with Crippen molar-refractivity contribution in [1.82, 2.24) is 0 Å². The molecule has 0 amide bonds. The summed E-state index contributed by atoms with van der Waals surface area (Å²) in [6.07, 6.45) is 0. The van der Waals surface area contributed by atoms with Crippen LogP contribution in [0.3, 0.4) is 0 Å². The molecule has 0 saturated heterocycles. The molecule has 44 heavy (non-hydrogen) atoms. The highest BCUT2D eigenvalue weighted by Crippen LogP contribution is 2.66. The van der Waals surface area contributed by atoms with Crippen molar-refractivity contribution in [3.8, 4) is 33.4 Å². The van der Waals surface area contributed by atoms with E-state index in [2.05, 4.69) is 159 Å². The molecule has 0 saturated carbocycles. The maximum Gasteiger partial charge on any atom is 0.0732 e. The molecule has 0 N–H and O–H groups in total. The molecule has 8 aromatic rings. The molecule has 0 aliphatic heterocycles. The highest BCUT2D eigenvalue weighted by molar-refractivity contribution is 6.23. The van der Waals surface area contributed by atoms with Crippen molar-refractivity contribution in [2.24, 2.45) is 0 Å². The average molecular weight is 557 g/mol. The van der Waals surface area contributed by atoms with Gasteiger partial charge < -0.3 is 0 Å². The second kappa shape index (κ2) is 8.56. The van der Waals surface area contributed by atoms with E-state index in [1.807, 2.05) is 0 Å². The zero-order valence-electron chi connectivity index (χ0n) is 24.4. The van der Waals surface area contributed by atoms with Crippen LogP contribution in [0.4, 0.5) is 0 Å². The molecular formula is C44H28. The van der Waals surface area contributed by atoms with Gasteiger partial charge in [0.2, 0.25) is 0 Å². The first-order valence-corrected chi connectivity index (χ1v) is 15.5. The van der Waals surface area contributed by atoms with Crippen molar-refractivity contribution in [2.75, 3.05) is 0 Å². The molecule has 0 heteroatoms. The monoisotopic (exact) mass is 556 g/mol. The minimum atomic E-state index is -0.408. The Bertz CT molecular complexity index is 2470. The number of hydrogen-bond acceptors (Lipinski definition) is 0. The van der Waals surface area contributed by atoms with E-state index in [-0.39, 0.29) is 0 Å². The fraction of sp³-hybridized carbons (Fsp3) is 0.0455. The molecule has 2 aliphatic rings. The molecule has 10 rings (SSSR count). The van der Waals surface area contributed by atoms with Gasteiger partial charge in [-0.3, -0.25) is 0 Å².